The highest BCUT2D eigenvalue weighted by atomic mass is 19.1. The van der Waals surface area contributed by atoms with E-state index in [4.69, 9.17) is 9.97 Å². The van der Waals surface area contributed by atoms with Crippen LogP contribution in [0.1, 0.15) is 96.6 Å². The molecule has 10 rings (SSSR count). The highest BCUT2D eigenvalue weighted by molar-refractivity contribution is 5.93. The van der Waals surface area contributed by atoms with E-state index in [1.807, 2.05) is 22.8 Å². The lowest BCUT2D eigenvalue weighted by Gasteiger charge is -2.36. The van der Waals surface area contributed by atoms with Crippen LogP contribution in [0, 0.1) is 35.3 Å². The summed E-state index contributed by atoms with van der Waals surface area (Å²) in [6.07, 6.45) is 5.94. The molecular weight excluding hydrogens is 843 g/mol. The molecule has 5 aromatic heterocycles. The lowest BCUT2D eigenvalue weighted by molar-refractivity contribution is -0.140. The second-order valence-electron chi connectivity index (χ2n) is 19.2. The fourth-order valence-corrected chi connectivity index (χ4v) is 10.1. The minimum absolute atomic E-state index is 0.102. The summed E-state index contributed by atoms with van der Waals surface area (Å²) in [6.45, 7) is 11.7. The molecular formula is C50H48F2N10O4. The SMILES string of the molecule is Cc1nc(-c2cc(F)cc(C3(C(=O)O)CC3)c2)nc2c1n(-c1ccc(C(=O)N3CCc4c(n(Cc5ccc(C#N)cc5F)c5ncccc45)C3)nc1)c(=O)n2C1CCN(CC(C)(C)C)CC1. The smallest absolute Gasteiger partial charge is 0.335 e. The average Bonchev–Trinajstić information content (AvgIpc) is 3.99. The Hall–Kier alpha value is -7.12. The molecule has 2 fully saturated rings. The molecule has 14 nitrogen and oxygen atoms in total. The Morgan fingerprint density at radius 2 is 1.76 bits per heavy atom. The van der Waals surface area contributed by atoms with Gasteiger partial charge in [0, 0.05) is 60.6 Å². The number of benzene rings is 2. The number of nitriles is 1. The number of aliphatic carboxylic acids is 1. The number of carboxylic acids is 1. The van der Waals surface area contributed by atoms with Crippen molar-refractivity contribution in [2.75, 3.05) is 26.2 Å². The lowest BCUT2D eigenvalue weighted by Crippen LogP contribution is -2.41. The van der Waals surface area contributed by atoms with E-state index in [2.05, 4.69) is 35.6 Å². The zero-order valence-electron chi connectivity index (χ0n) is 37.2. The van der Waals surface area contributed by atoms with Crippen LogP contribution in [-0.4, -0.2) is 86.6 Å². The van der Waals surface area contributed by atoms with Crippen LogP contribution in [0.3, 0.4) is 0 Å². The molecule has 7 heterocycles. The van der Waals surface area contributed by atoms with Crippen molar-refractivity contribution in [3.8, 4) is 23.1 Å². The summed E-state index contributed by atoms with van der Waals surface area (Å²) in [5.41, 5.74) is 4.33. The average molecular weight is 891 g/mol. The van der Waals surface area contributed by atoms with Crippen molar-refractivity contribution in [3.05, 3.63) is 135 Å². The van der Waals surface area contributed by atoms with Crippen LogP contribution >= 0.6 is 0 Å². The van der Waals surface area contributed by atoms with E-state index in [0.717, 1.165) is 36.3 Å². The third kappa shape index (κ3) is 7.50. The van der Waals surface area contributed by atoms with E-state index >= 15 is 8.78 Å². The van der Waals surface area contributed by atoms with Crippen molar-refractivity contribution < 1.29 is 23.5 Å². The van der Waals surface area contributed by atoms with E-state index in [1.165, 1.54) is 29.0 Å². The Labute approximate surface area is 378 Å². The van der Waals surface area contributed by atoms with Gasteiger partial charge in [-0.05, 0) is 110 Å². The first kappa shape index (κ1) is 42.8. The zero-order valence-corrected chi connectivity index (χ0v) is 37.2. The van der Waals surface area contributed by atoms with Crippen molar-refractivity contribution in [2.24, 2.45) is 5.41 Å². The molecule has 0 spiro atoms. The maximum atomic E-state index is 15.2. The summed E-state index contributed by atoms with van der Waals surface area (Å²) in [5, 5.41) is 20.2. The summed E-state index contributed by atoms with van der Waals surface area (Å²) < 4.78 is 35.6. The molecule has 0 bridgehead atoms. The molecule has 0 atom stereocenters. The van der Waals surface area contributed by atoms with Crippen LogP contribution < -0.4 is 5.69 Å². The van der Waals surface area contributed by atoms with E-state index in [9.17, 15) is 24.8 Å². The van der Waals surface area contributed by atoms with Crippen LogP contribution in [0.2, 0.25) is 0 Å². The van der Waals surface area contributed by atoms with Gasteiger partial charge in [-0.25, -0.2) is 33.5 Å². The van der Waals surface area contributed by atoms with Gasteiger partial charge in [-0.2, -0.15) is 5.26 Å². The fourth-order valence-electron chi connectivity index (χ4n) is 10.1. The van der Waals surface area contributed by atoms with E-state index in [-0.39, 0.29) is 53.2 Å². The number of carbonyl (C=O) groups is 2. The number of aryl methyl sites for hydroxylation is 1. The Bertz CT molecular complexity index is 3220. The molecule has 66 heavy (non-hydrogen) atoms. The van der Waals surface area contributed by atoms with Crippen LogP contribution in [-0.2, 0) is 29.7 Å². The van der Waals surface area contributed by atoms with Crippen molar-refractivity contribution in [2.45, 2.75) is 84.3 Å². The number of carboxylic acid groups (broad SMARTS) is 1. The fraction of sp³-hybridized carbons (Fsp3) is 0.360. The van der Waals surface area contributed by atoms with Crippen LogP contribution in [0.25, 0.3) is 39.3 Å². The van der Waals surface area contributed by atoms with Gasteiger partial charge in [-0.3, -0.25) is 18.7 Å². The summed E-state index contributed by atoms with van der Waals surface area (Å²) in [7, 11) is 0. The molecule has 2 aliphatic heterocycles. The van der Waals surface area contributed by atoms with Gasteiger partial charge in [0.05, 0.1) is 47.7 Å². The molecule has 0 radical (unpaired) electrons. The van der Waals surface area contributed by atoms with Crippen LogP contribution in [0.5, 0.6) is 0 Å². The number of hydrogen-bond donors (Lipinski definition) is 1. The number of likely N-dealkylation sites (tertiary alicyclic amines) is 1. The number of fused-ring (bicyclic) bond motifs is 4. The van der Waals surface area contributed by atoms with Crippen LogP contribution in [0.4, 0.5) is 8.78 Å². The monoisotopic (exact) mass is 890 g/mol. The predicted octanol–water partition coefficient (Wildman–Crippen LogP) is 7.50. The number of halogens is 2. The largest absolute Gasteiger partial charge is 0.481 e. The Balaban J connectivity index is 0.993. The maximum absolute atomic E-state index is 15.2. The number of nitrogens with zero attached hydrogens (tertiary/aromatic N) is 10. The lowest BCUT2D eigenvalue weighted by atomic mass is 9.94. The zero-order chi connectivity index (χ0) is 46.2. The summed E-state index contributed by atoms with van der Waals surface area (Å²) in [4.78, 5) is 64.5. The Kier molecular flexibility index (Phi) is 10.4. The van der Waals surface area contributed by atoms with Gasteiger partial charge >= 0.3 is 11.7 Å². The summed E-state index contributed by atoms with van der Waals surface area (Å²) >= 11 is 0. The van der Waals surface area contributed by atoms with Crippen LogP contribution in [0.15, 0.2) is 77.9 Å². The molecule has 0 unspecified atom stereocenters. The number of rotatable bonds is 9. The molecule has 2 aromatic carbocycles. The number of pyridine rings is 2. The van der Waals surface area contributed by atoms with Gasteiger partial charge in [0.15, 0.2) is 11.5 Å². The summed E-state index contributed by atoms with van der Waals surface area (Å²) in [6, 6.07) is 17.5. The molecule has 1 saturated heterocycles. The first-order valence-corrected chi connectivity index (χ1v) is 22.3. The minimum atomic E-state index is -1.15. The number of hydrogen-bond acceptors (Lipinski definition) is 9. The summed E-state index contributed by atoms with van der Waals surface area (Å²) in [5.74, 6) is -2.23. The molecule has 3 aliphatic rings. The normalized spacial score (nSPS) is 16.4. The first-order chi connectivity index (χ1) is 31.6. The minimum Gasteiger partial charge on any atom is -0.481 e. The molecule has 1 aliphatic carbocycles. The highest BCUT2D eigenvalue weighted by Crippen LogP contribution is 2.49. The molecule has 336 valence electrons. The number of piperidine rings is 1. The van der Waals surface area contributed by atoms with Gasteiger partial charge < -0.3 is 19.5 Å². The van der Waals surface area contributed by atoms with E-state index in [1.54, 1.807) is 52.9 Å². The molecule has 16 heteroatoms. The molecule has 1 amide bonds. The quantitative estimate of drug-likeness (QED) is 0.153. The predicted molar refractivity (Wildman–Crippen MR) is 242 cm³/mol. The number of aromatic nitrogens is 7. The molecule has 1 N–H and O–H groups in total. The van der Waals surface area contributed by atoms with Crippen molar-refractivity contribution in [1.82, 2.24) is 43.4 Å². The van der Waals surface area contributed by atoms with E-state index < -0.39 is 23.0 Å². The van der Waals surface area contributed by atoms with Gasteiger partial charge in [0.25, 0.3) is 5.91 Å². The molecule has 1 saturated carbocycles. The first-order valence-electron chi connectivity index (χ1n) is 22.3. The Morgan fingerprint density at radius 3 is 2.44 bits per heavy atom. The number of amides is 1. The van der Waals surface area contributed by atoms with Crippen molar-refractivity contribution in [3.63, 3.8) is 0 Å². The second-order valence-corrected chi connectivity index (χ2v) is 19.2. The van der Waals surface area contributed by atoms with Crippen molar-refractivity contribution in [1.29, 1.82) is 5.26 Å². The Morgan fingerprint density at radius 1 is 0.970 bits per heavy atom. The third-order valence-corrected chi connectivity index (χ3v) is 13.4. The molecule has 7 aromatic rings. The van der Waals surface area contributed by atoms with Gasteiger partial charge in [-0.1, -0.05) is 26.8 Å². The standard InChI is InChI=1S/C50H48F2N10O4/c1-29-42-45(57-43(56-29)32-21-33(23-34(51)22-32)50(14-15-50)47(64)65)62(35-11-17-58(18-12-35)28-49(2,3)4)48(66)61(42)36-9-10-40(55-25-36)46(63)59-19-13-37-38-6-5-16-54-44(38)60(41(37)27-59)26-31-8-7-30(24-53)20-39(31)52/h5-10,16,20-23,25,35H,11-15,17-19,26-28H2,1-4H3,(H,64,65). The highest BCUT2D eigenvalue weighted by Gasteiger charge is 2.52. The number of carbonyl (C=O) groups excluding carboxylic acids is 1. The number of imidazole rings is 1. The third-order valence-electron chi connectivity index (χ3n) is 13.4. The maximum Gasteiger partial charge on any atom is 0.335 e. The van der Waals surface area contributed by atoms with Crippen molar-refractivity contribution >= 4 is 34.1 Å². The van der Waals surface area contributed by atoms with Gasteiger partial charge in [-0.15, -0.1) is 0 Å². The topological polar surface area (TPSA) is 168 Å². The second kappa shape index (κ2) is 16.1. The van der Waals surface area contributed by atoms with Gasteiger partial charge in [0.1, 0.15) is 28.5 Å². The van der Waals surface area contributed by atoms with E-state index in [0.29, 0.717) is 83.5 Å². The van der Waals surface area contributed by atoms with Gasteiger partial charge in [0.2, 0.25) is 0 Å².